The Balaban J connectivity index is 1.07. The first-order valence-electron chi connectivity index (χ1n) is 16.3. The molecule has 9 rings (SSSR count). The van der Waals surface area contributed by atoms with Crippen LogP contribution in [-0.2, 0) is 6.42 Å². The molecule has 2 nitrogen and oxygen atoms in total. The minimum absolute atomic E-state index is 0.961. The van der Waals surface area contributed by atoms with Crippen molar-refractivity contribution >= 4 is 55.5 Å². The van der Waals surface area contributed by atoms with Crippen LogP contribution in [0.3, 0.4) is 0 Å². The summed E-state index contributed by atoms with van der Waals surface area (Å²) in [5.74, 6) is 1.12. The van der Waals surface area contributed by atoms with Crippen LogP contribution in [0.2, 0.25) is 0 Å². The van der Waals surface area contributed by atoms with E-state index in [9.17, 15) is 0 Å². The van der Waals surface area contributed by atoms with E-state index in [1.54, 1.807) is 0 Å². The molecule has 1 heterocycles. The fourth-order valence-electron chi connectivity index (χ4n) is 7.27. The summed E-state index contributed by atoms with van der Waals surface area (Å²) in [5, 5.41) is 6.28. The minimum Gasteiger partial charge on any atom is -0.460 e. The van der Waals surface area contributed by atoms with E-state index in [0.717, 1.165) is 37.0 Å². The Morgan fingerprint density at radius 2 is 1.30 bits per heavy atom. The zero-order valence-corrected chi connectivity index (χ0v) is 25.6. The summed E-state index contributed by atoms with van der Waals surface area (Å²) in [5.41, 5.74) is 11.1. The van der Waals surface area contributed by atoms with Gasteiger partial charge in [0.05, 0.1) is 0 Å². The number of para-hydroxylation sites is 1. The van der Waals surface area contributed by atoms with Crippen molar-refractivity contribution in [1.82, 2.24) is 0 Å². The first-order chi connectivity index (χ1) is 22.8. The molecule has 0 radical (unpaired) electrons. The highest BCUT2D eigenvalue weighted by molar-refractivity contribution is 6.11. The summed E-state index contributed by atoms with van der Waals surface area (Å²) in [4.78, 5) is 2.42. The zero-order chi connectivity index (χ0) is 30.5. The van der Waals surface area contributed by atoms with Crippen molar-refractivity contribution in [3.8, 4) is 11.1 Å². The van der Waals surface area contributed by atoms with Gasteiger partial charge in [-0.05, 0) is 112 Å². The van der Waals surface area contributed by atoms with Gasteiger partial charge in [-0.1, -0.05) is 103 Å². The second-order valence-electron chi connectivity index (χ2n) is 12.4. The summed E-state index contributed by atoms with van der Waals surface area (Å²) in [7, 11) is 0. The Bertz CT molecular complexity index is 2360. The van der Waals surface area contributed by atoms with Gasteiger partial charge in [0.2, 0.25) is 0 Å². The molecule has 2 heteroatoms. The van der Waals surface area contributed by atoms with E-state index in [4.69, 9.17) is 4.42 Å². The van der Waals surface area contributed by atoms with E-state index in [1.165, 1.54) is 71.8 Å². The van der Waals surface area contributed by atoms with Crippen LogP contribution < -0.4 is 4.90 Å². The topological polar surface area (TPSA) is 16.4 Å². The SMILES string of the molecule is C1=Cc2c(oc3ccc4cc(C5=CC=C(N(c6ccccc6)c6ccc7cc(-c8ccccc8)ccc7c6)CC5)ccc4c23)CC1. The van der Waals surface area contributed by atoms with E-state index in [0.29, 0.717) is 0 Å². The van der Waals surface area contributed by atoms with Gasteiger partial charge in [-0.3, -0.25) is 0 Å². The highest BCUT2D eigenvalue weighted by Crippen LogP contribution is 2.40. The standard InChI is InChI=1S/C44H33NO/c1-3-9-30(10-4-1)32-15-16-35-29-39(24-19-34(35)27-32)45(37-11-5-2-6-12-37)38-22-17-31(18-23-38)33-20-25-40-36(28-33)21-26-43-44(40)41-13-7-8-14-42(41)46-43/h1-7,9-13,15-17,19-22,24-29H,8,14,18,23H2. The third-order valence-corrected chi connectivity index (χ3v) is 9.60. The van der Waals surface area contributed by atoms with Gasteiger partial charge in [-0.15, -0.1) is 0 Å². The molecule has 6 aromatic carbocycles. The van der Waals surface area contributed by atoms with E-state index in [1.807, 2.05) is 0 Å². The lowest BCUT2D eigenvalue weighted by atomic mass is 9.92. The molecule has 46 heavy (non-hydrogen) atoms. The van der Waals surface area contributed by atoms with Crippen LogP contribution in [0.4, 0.5) is 11.4 Å². The molecule has 2 aliphatic carbocycles. The Morgan fingerprint density at radius 3 is 2.15 bits per heavy atom. The first kappa shape index (κ1) is 26.8. The second kappa shape index (κ2) is 11.1. The van der Waals surface area contributed by atoms with Gasteiger partial charge < -0.3 is 9.32 Å². The Kier molecular flexibility index (Phi) is 6.45. The predicted octanol–water partition coefficient (Wildman–Crippen LogP) is 12.3. The van der Waals surface area contributed by atoms with Crippen molar-refractivity contribution in [2.45, 2.75) is 25.7 Å². The molecule has 0 fully saturated rings. The number of allylic oxidation sites excluding steroid dienone is 5. The van der Waals surface area contributed by atoms with Crippen LogP contribution in [0.1, 0.15) is 36.1 Å². The van der Waals surface area contributed by atoms with Crippen molar-refractivity contribution < 1.29 is 4.42 Å². The van der Waals surface area contributed by atoms with E-state index >= 15 is 0 Å². The molecular weight excluding hydrogens is 558 g/mol. The van der Waals surface area contributed by atoms with Gasteiger partial charge in [0, 0.05) is 34.4 Å². The van der Waals surface area contributed by atoms with Crippen molar-refractivity contribution in [3.63, 3.8) is 0 Å². The van der Waals surface area contributed by atoms with E-state index in [2.05, 4.69) is 157 Å². The number of aryl methyl sites for hydroxylation is 1. The third-order valence-electron chi connectivity index (χ3n) is 9.60. The fraction of sp³-hybridized carbons (Fsp3) is 0.0909. The van der Waals surface area contributed by atoms with E-state index < -0.39 is 0 Å². The number of hydrogen-bond donors (Lipinski definition) is 0. The minimum atomic E-state index is 0.961. The molecule has 0 aliphatic heterocycles. The monoisotopic (exact) mass is 591 g/mol. The van der Waals surface area contributed by atoms with Crippen LogP contribution in [0.5, 0.6) is 0 Å². The van der Waals surface area contributed by atoms with E-state index in [-0.39, 0.29) is 0 Å². The summed E-state index contributed by atoms with van der Waals surface area (Å²) in [6.07, 6.45) is 13.1. The molecular formula is C44H33NO. The molecule has 1 aromatic heterocycles. The van der Waals surface area contributed by atoms with Gasteiger partial charge in [0.25, 0.3) is 0 Å². The average molecular weight is 592 g/mol. The largest absolute Gasteiger partial charge is 0.460 e. The van der Waals surface area contributed by atoms with Crippen molar-refractivity contribution in [2.24, 2.45) is 0 Å². The Morgan fingerprint density at radius 1 is 0.543 bits per heavy atom. The summed E-state index contributed by atoms with van der Waals surface area (Å²) in [6.45, 7) is 0. The summed E-state index contributed by atoms with van der Waals surface area (Å²) in [6, 6.07) is 46.3. The van der Waals surface area contributed by atoms with Crippen molar-refractivity contribution in [2.75, 3.05) is 4.90 Å². The Hall–Kier alpha value is -5.60. The molecule has 0 atom stereocenters. The lowest BCUT2D eigenvalue weighted by Gasteiger charge is -2.30. The maximum Gasteiger partial charge on any atom is 0.135 e. The van der Waals surface area contributed by atoms with Crippen LogP contribution >= 0.6 is 0 Å². The highest BCUT2D eigenvalue weighted by Gasteiger charge is 2.20. The second-order valence-corrected chi connectivity index (χ2v) is 12.4. The number of benzene rings is 6. The van der Waals surface area contributed by atoms with Crippen LogP contribution in [0.15, 0.2) is 156 Å². The highest BCUT2D eigenvalue weighted by atomic mass is 16.3. The maximum atomic E-state index is 6.22. The molecule has 0 spiro atoms. The molecule has 0 saturated carbocycles. The zero-order valence-electron chi connectivity index (χ0n) is 25.6. The Labute approximate surface area is 269 Å². The smallest absolute Gasteiger partial charge is 0.135 e. The predicted molar refractivity (Wildman–Crippen MR) is 194 cm³/mol. The average Bonchev–Trinajstić information content (AvgIpc) is 3.52. The van der Waals surface area contributed by atoms with Gasteiger partial charge >= 0.3 is 0 Å². The van der Waals surface area contributed by atoms with Crippen LogP contribution in [0.25, 0.3) is 55.3 Å². The molecule has 0 bridgehead atoms. The number of furan rings is 1. The lowest BCUT2D eigenvalue weighted by Crippen LogP contribution is -2.17. The van der Waals surface area contributed by atoms with Crippen molar-refractivity contribution in [3.05, 3.63) is 168 Å². The molecule has 0 N–H and O–H groups in total. The molecule has 0 amide bonds. The summed E-state index contributed by atoms with van der Waals surface area (Å²) >= 11 is 0. The normalized spacial score (nSPS) is 14.3. The third kappa shape index (κ3) is 4.66. The summed E-state index contributed by atoms with van der Waals surface area (Å²) < 4.78 is 6.22. The molecule has 220 valence electrons. The first-order valence-corrected chi connectivity index (χ1v) is 16.3. The van der Waals surface area contributed by atoms with Gasteiger partial charge in [-0.2, -0.15) is 0 Å². The van der Waals surface area contributed by atoms with Crippen molar-refractivity contribution in [1.29, 1.82) is 0 Å². The number of hydrogen-bond acceptors (Lipinski definition) is 2. The van der Waals surface area contributed by atoms with Crippen LogP contribution in [0, 0.1) is 0 Å². The quantitative estimate of drug-likeness (QED) is 0.198. The number of fused-ring (bicyclic) bond motifs is 6. The molecule has 0 saturated heterocycles. The number of anilines is 2. The number of rotatable bonds is 5. The fourth-order valence-corrected chi connectivity index (χ4v) is 7.27. The number of nitrogens with zero attached hydrogens (tertiary/aromatic N) is 1. The molecule has 0 unspecified atom stereocenters. The van der Waals surface area contributed by atoms with Gasteiger partial charge in [0.1, 0.15) is 11.3 Å². The lowest BCUT2D eigenvalue weighted by molar-refractivity contribution is 0.546. The maximum absolute atomic E-state index is 6.22. The molecule has 7 aromatic rings. The molecule has 2 aliphatic rings. The van der Waals surface area contributed by atoms with Gasteiger partial charge in [-0.25, -0.2) is 0 Å². The van der Waals surface area contributed by atoms with Crippen LogP contribution in [-0.4, -0.2) is 0 Å². The van der Waals surface area contributed by atoms with Gasteiger partial charge in [0.15, 0.2) is 0 Å².